The molecule has 0 unspecified atom stereocenters. The van der Waals surface area contributed by atoms with Gasteiger partial charge in [0, 0.05) is 25.2 Å². The lowest BCUT2D eigenvalue weighted by molar-refractivity contribution is 0.122. The van der Waals surface area contributed by atoms with E-state index >= 15 is 0 Å². The minimum absolute atomic E-state index is 0.0120. The highest BCUT2D eigenvalue weighted by Crippen LogP contribution is 2.12. The van der Waals surface area contributed by atoms with Gasteiger partial charge in [0.15, 0.2) is 0 Å². The quantitative estimate of drug-likeness (QED) is 0.671. The van der Waals surface area contributed by atoms with E-state index in [1.165, 1.54) is 0 Å². The Balaban J connectivity index is 1.95. The van der Waals surface area contributed by atoms with Crippen molar-refractivity contribution in [2.45, 2.75) is 13.0 Å². The van der Waals surface area contributed by atoms with E-state index in [-0.39, 0.29) is 5.56 Å². The van der Waals surface area contributed by atoms with Crippen LogP contribution in [0.3, 0.4) is 0 Å². The smallest absolute Gasteiger partial charge is 0.255 e. The third-order valence-corrected chi connectivity index (χ3v) is 3.24. The highest BCUT2D eigenvalue weighted by atomic mass is 16.5. The van der Waals surface area contributed by atoms with E-state index in [1.807, 2.05) is 0 Å². The molecule has 6 heteroatoms. The summed E-state index contributed by atoms with van der Waals surface area (Å²) in [7, 11) is 0. The van der Waals surface area contributed by atoms with Gasteiger partial charge in [0.1, 0.15) is 0 Å². The molecule has 1 aromatic rings. The molecule has 0 radical (unpaired) electrons. The van der Waals surface area contributed by atoms with Crippen LogP contribution in [0.4, 0.5) is 5.95 Å². The summed E-state index contributed by atoms with van der Waals surface area (Å²) in [5.74, 6) is 0.681. The summed E-state index contributed by atoms with van der Waals surface area (Å²) in [6.45, 7) is 4.51. The Kier molecular flexibility index (Phi) is 2.82. The van der Waals surface area contributed by atoms with Gasteiger partial charge in [-0.05, 0) is 13.0 Å². The van der Waals surface area contributed by atoms with Gasteiger partial charge in [0.05, 0.1) is 18.9 Å². The summed E-state index contributed by atoms with van der Waals surface area (Å²) in [6.07, 6.45) is 0.765. The molecule has 17 heavy (non-hydrogen) atoms. The number of nitrogens with one attached hydrogen (secondary N) is 2. The fourth-order valence-electron chi connectivity index (χ4n) is 2.28. The van der Waals surface area contributed by atoms with Crippen LogP contribution in [0.2, 0.25) is 0 Å². The van der Waals surface area contributed by atoms with Crippen molar-refractivity contribution < 1.29 is 4.74 Å². The molecule has 3 heterocycles. The summed E-state index contributed by atoms with van der Waals surface area (Å²) in [5, 5.41) is 3.24. The maximum absolute atomic E-state index is 11.9. The van der Waals surface area contributed by atoms with Gasteiger partial charge in [0.2, 0.25) is 5.95 Å². The Bertz CT molecular complexity index is 465. The zero-order chi connectivity index (χ0) is 11.7. The molecule has 0 atom stereocenters. The van der Waals surface area contributed by atoms with Crippen LogP contribution in [0, 0.1) is 0 Å². The molecular formula is C11H16N4O2. The van der Waals surface area contributed by atoms with E-state index < -0.39 is 0 Å². The Morgan fingerprint density at radius 2 is 2.12 bits per heavy atom. The first-order valence-electron chi connectivity index (χ1n) is 6.00. The molecule has 0 aliphatic carbocycles. The fourth-order valence-corrected chi connectivity index (χ4v) is 2.28. The molecule has 0 bridgehead atoms. The predicted octanol–water partition coefficient (Wildman–Crippen LogP) is -0.748. The lowest BCUT2D eigenvalue weighted by Crippen LogP contribution is -2.40. The van der Waals surface area contributed by atoms with Crippen LogP contribution < -0.4 is 15.8 Å². The average molecular weight is 236 g/mol. The molecule has 1 aromatic heterocycles. The van der Waals surface area contributed by atoms with E-state index in [1.54, 1.807) is 0 Å². The third-order valence-electron chi connectivity index (χ3n) is 3.24. The average Bonchev–Trinajstić information content (AvgIpc) is 2.40. The molecule has 2 aliphatic heterocycles. The van der Waals surface area contributed by atoms with Gasteiger partial charge in [-0.25, -0.2) is 4.98 Å². The van der Waals surface area contributed by atoms with Gasteiger partial charge in [-0.3, -0.25) is 9.78 Å². The van der Waals surface area contributed by atoms with Crippen molar-refractivity contribution >= 4 is 5.95 Å². The number of fused-ring (bicyclic) bond motifs is 1. The number of H-pyrrole nitrogens is 1. The van der Waals surface area contributed by atoms with Crippen LogP contribution in [-0.2, 0) is 17.7 Å². The SMILES string of the molecule is O=c1[nH]c(N2CCOCC2)nc2c1CCNC2. The summed E-state index contributed by atoms with van der Waals surface area (Å²) in [4.78, 5) is 21.4. The first kappa shape index (κ1) is 10.7. The standard InChI is InChI=1S/C11H16N4O2/c16-10-8-1-2-12-7-9(8)13-11(14-10)15-3-5-17-6-4-15/h12H,1-7H2,(H,13,14,16). The Morgan fingerprint density at radius 1 is 1.29 bits per heavy atom. The zero-order valence-electron chi connectivity index (χ0n) is 9.66. The van der Waals surface area contributed by atoms with Crippen molar-refractivity contribution in [3.63, 3.8) is 0 Å². The van der Waals surface area contributed by atoms with Crippen LogP contribution in [-0.4, -0.2) is 42.8 Å². The number of rotatable bonds is 1. The summed E-state index contributed by atoms with van der Waals surface area (Å²) in [6, 6.07) is 0. The van der Waals surface area contributed by atoms with Gasteiger partial charge in [-0.2, -0.15) is 0 Å². The van der Waals surface area contributed by atoms with Gasteiger partial charge in [-0.1, -0.05) is 0 Å². The van der Waals surface area contributed by atoms with E-state index in [0.29, 0.717) is 25.7 Å². The normalized spacial score (nSPS) is 20.1. The molecule has 0 spiro atoms. The number of aromatic amines is 1. The van der Waals surface area contributed by atoms with E-state index in [2.05, 4.69) is 20.2 Å². The van der Waals surface area contributed by atoms with Gasteiger partial charge in [0.25, 0.3) is 5.56 Å². The number of morpholine rings is 1. The first-order valence-corrected chi connectivity index (χ1v) is 6.00. The largest absolute Gasteiger partial charge is 0.378 e. The van der Waals surface area contributed by atoms with Crippen LogP contribution in [0.5, 0.6) is 0 Å². The van der Waals surface area contributed by atoms with Gasteiger partial charge < -0.3 is 15.0 Å². The second-order valence-corrected chi connectivity index (χ2v) is 4.34. The highest BCUT2D eigenvalue weighted by Gasteiger charge is 2.19. The van der Waals surface area contributed by atoms with Crippen LogP contribution in [0.15, 0.2) is 4.79 Å². The molecule has 2 N–H and O–H groups in total. The molecule has 92 valence electrons. The van der Waals surface area contributed by atoms with Crippen LogP contribution >= 0.6 is 0 Å². The van der Waals surface area contributed by atoms with E-state index in [4.69, 9.17) is 4.74 Å². The second-order valence-electron chi connectivity index (χ2n) is 4.34. The molecule has 2 aliphatic rings. The van der Waals surface area contributed by atoms with E-state index in [0.717, 1.165) is 37.3 Å². The zero-order valence-corrected chi connectivity index (χ0v) is 9.66. The van der Waals surface area contributed by atoms with E-state index in [9.17, 15) is 4.79 Å². The summed E-state index contributed by atoms with van der Waals surface area (Å²) in [5.41, 5.74) is 1.74. The molecule has 3 rings (SSSR count). The fraction of sp³-hybridized carbons (Fsp3) is 0.636. The summed E-state index contributed by atoms with van der Waals surface area (Å²) < 4.78 is 5.29. The van der Waals surface area contributed by atoms with Crippen molar-refractivity contribution in [2.75, 3.05) is 37.7 Å². The minimum atomic E-state index is 0.0120. The first-order chi connectivity index (χ1) is 8.34. The second kappa shape index (κ2) is 4.46. The number of anilines is 1. The molecule has 1 saturated heterocycles. The molecule has 0 amide bonds. The Morgan fingerprint density at radius 3 is 2.94 bits per heavy atom. The van der Waals surface area contributed by atoms with Gasteiger partial charge >= 0.3 is 0 Å². The highest BCUT2D eigenvalue weighted by molar-refractivity contribution is 5.34. The van der Waals surface area contributed by atoms with Crippen molar-refractivity contribution in [2.24, 2.45) is 0 Å². The predicted molar refractivity (Wildman–Crippen MR) is 63.3 cm³/mol. The van der Waals surface area contributed by atoms with Crippen molar-refractivity contribution in [1.82, 2.24) is 15.3 Å². The molecule has 1 fully saturated rings. The minimum Gasteiger partial charge on any atom is -0.378 e. The number of hydrogen-bond donors (Lipinski definition) is 2. The number of aromatic nitrogens is 2. The topological polar surface area (TPSA) is 70.2 Å². The number of ether oxygens (including phenoxy) is 1. The van der Waals surface area contributed by atoms with Crippen molar-refractivity contribution in [1.29, 1.82) is 0 Å². The maximum Gasteiger partial charge on any atom is 0.255 e. The van der Waals surface area contributed by atoms with Crippen LogP contribution in [0.25, 0.3) is 0 Å². The van der Waals surface area contributed by atoms with Crippen molar-refractivity contribution in [3.05, 3.63) is 21.6 Å². The lowest BCUT2D eigenvalue weighted by Gasteiger charge is -2.28. The molecule has 0 saturated carbocycles. The maximum atomic E-state index is 11.9. The molecule has 0 aromatic carbocycles. The third kappa shape index (κ3) is 2.05. The van der Waals surface area contributed by atoms with Crippen molar-refractivity contribution in [3.8, 4) is 0 Å². The molecular weight excluding hydrogens is 220 g/mol. The number of hydrogen-bond acceptors (Lipinski definition) is 5. The number of nitrogens with zero attached hydrogens (tertiary/aromatic N) is 2. The van der Waals surface area contributed by atoms with Crippen LogP contribution in [0.1, 0.15) is 11.3 Å². The lowest BCUT2D eigenvalue weighted by atomic mass is 10.1. The monoisotopic (exact) mass is 236 g/mol. The summed E-state index contributed by atoms with van der Waals surface area (Å²) >= 11 is 0. The Hall–Kier alpha value is -1.40. The molecule has 6 nitrogen and oxygen atoms in total. The Labute approximate surface area is 99.0 Å². The van der Waals surface area contributed by atoms with Gasteiger partial charge in [-0.15, -0.1) is 0 Å².